The lowest BCUT2D eigenvalue weighted by Gasteiger charge is -2.05. The standard InChI is InChI=1S/C26H20N4O4S/c1-33-19-10-7-17(8-11-19)24-27-20-12-9-18(13-21(20)28-24)25(32)34-14-23(31)30-26-29-22(15-35-26)16-5-3-2-4-6-16/h2-13,15H,14H2,1H3,(H,27,28)(H,29,30,31). The lowest BCUT2D eigenvalue weighted by atomic mass is 10.2. The molecule has 0 atom stereocenters. The molecule has 174 valence electrons. The van der Waals surface area contributed by atoms with E-state index in [2.05, 4.69) is 20.3 Å². The van der Waals surface area contributed by atoms with E-state index in [1.807, 2.05) is 60.0 Å². The number of fused-ring (bicyclic) bond motifs is 1. The SMILES string of the molecule is COc1ccc(-c2nc3ccc(C(=O)OCC(=O)Nc4nc(-c5ccccc5)cs4)cc3[nH]2)cc1. The molecule has 3 aromatic carbocycles. The molecule has 0 aliphatic carbocycles. The van der Waals surface area contributed by atoms with Gasteiger partial charge in [0.2, 0.25) is 0 Å². The number of hydrogen-bond acceptors (Lipinski definition) is 7. The Morgan fingerprint density at radius 2 is 1.77 bits per heavy atom. The number of rotatable bonds is 7. The predicted octanol–water partition coefficient (Wildman–Crippen LogP) is 5.16. The Bertz CT molecular complexity index is 1490. The van der Waals surface area contributed by atoms with E-state index in [1.165, 1.54) is 11.3 Å². The summed E-state index contributed by atoms with van der Waals surface area (Å²) in [6.07, 6.45) is 0. The van der Waals surface area contributed by atoms with Gasteiger partial charge in [-0.1, -0.05) is 30.3 Å². The maximum atomic E-state index is 12.5. The fourth-order valence-corrected chi connectivity index (χ4v) is 4.20. The Hall–Kier alpha value is -4.50. The number of nitrogens with zero attached hydrogens (tertiary/aromatic N) is 2. The maximum Gasteiger partial charge on any atom is 0.338 e. The number of amides is 1. The molecular weight excluding hydrogens is 464 g/mol. The number of H-pyrrole nitrogens is 1. The van der Waals surface area contributed by atoms with Crippen molar-refractivity contribution in [2.45, 2.75) is 0 Å². The highest BCUT2D eigenvalue weighted by molar-refractivity contribution is 7.14. The molecule has 0 fully saturated rings. The van der Waals surface area contributed by atoms with Crippen LogP contribution in [0.2, 0.25) is 0 Å². The van der Waals surface area contributed by atoms with Gasteiger partial charge in [-0.05, 0) is 42.5 Å². The van der Waals surface area contributed by atoms with Crippen LogP contribution in [0.4, 0.5) is 5.13 Å². The van der Waals surface area contributed by atoms with Gasteiger partial charge in [0.25, 0.3) is 5.91 Å². The van der Waals surface area contributed by atoms with Crippen molar-refractivity contribution in [1.82, 2.24) is 15.0 Å². The molecule has 8 nitrogen and oxygen atoms in total. The molecular formula is C26H20N4O4S. The van der Waals surface area contributed by atoms with Gasteiger partial charge in [-0.25, -0.2) is 14.8 Å². The molecule has 5 aromatic rings. The number of aromatic amines is 1. The van der Waals surface area contributed by atoms with Gasteiger partial charge in [0.15, 0.2) is 11.7 Å². The number of esters is 1. The van der Waals surface area contributed by atoms with Gasteiger partial charge in [-0.3, -0.25) is 10.1 Å². The molecule has 2 N–H and O–H groups in total. The van der Waals surface area contributed by atoms with Crippen LogP contribution in [0.25, 0.3) is 33.7 Å². The Kier molecular flexibility index (Phi) is 6.23. The van der Waals surface area contributed by atoms with Crippen molar-refractivity contribution < 1.29 is 19.1 Å². The number of nitrogens with one attached hydrogen (secondary N) is 2. The van der Waals surface area contributed by atoms with E-state index in [0.717, 1.165) is 22.6 Å². The van der Waals surface area contributed by atoms with E-state index in [4.69, 9.17) is 9.47 Å². The molecule has 2 heterocycles. The smallest absolute Gasteiger partial charge is 0.338 e. The van der Waals surface area contributed by atoms with Gasteiger partial charge >= 0.3 is 5.97 Å². The lowest BCUT2D eigenvalue weighted by Crippen LogP contribution is -2.20. The zero-order valence-corrected chi connectivity index (χ0v) is 19.5. The van der Waals surface area contributed by atoms with Crippen LogP contribution in [0, 0.1) is 0 Å². The quantitative estimate of drug-likeness (QED) is 0.309. The summed E-state index contributed by atoms with van der Waals surface area (Å²) in [7, 11) is 1.61. The average Bonchev–Trinajstić information content (AvgIpc) is 3.54. The number of benzene rings is 3. The van der Waals surface area contributed by atoms with Crippen molar-refractivity contribution >= 4 is 39.4 Å². The minimum absolute atomic E-state index is 0.316. The normalized spacial score (nSPS) is 10.8. The molecule has 1 amide bonds. The number of aromatic nitrogens is 3. The number of thiazole rings is 1. The van der Waals surface area contributed by atoms with Gasteiger partial charge in [-0.2, -0.15) is 0 Å². The van der Waals surface area contributed by atoms with Gasteiger partial charge in [-0.15, -0.1) is 11.3 Å². The highest BCUT2D eigenvalue weighted by Crippen LogP contribution is 2.25. The summed E-state index contributed by atoms with van der Waals surface area (Å²) in [6, 6.07) is 22.2. The van der Waals surface area contributed by atoms with Crippen molar-refractivity contribution in [3.05, 3.63) is 83.7 Å². The second-order valence-corrected chi connectivity index (χ2v) is 8.43. The molecule has 0 saturated heterocycles. The van der Waals surface area contributed by atoms with Crippen LogP contribution < -0.4 is 10.1 Å². The van der Waals surface area contributed by atoms with E-state index in [1.54, 1.807) is 25.3 Å². The molecule has 0 unspecified atom stereocenters. The predicted molar refractivity (Wildman–Crippen MR) is 135 cm³/mol. The maximum absolute atomic E-state index is 12.5. The molecule has 0 spiro atoms. The van der Waals surface area contributed by atoms with E-state index in [-0.39, 0.29) is 0 Å². The van der Waals surface area contributed by atoms with Crippen molar-refractivity contribution in [2.75, 3.05) is 19.0 Å². The number of methoxy groups -OCH3 is 1. The average molecular weight is 485 g/mol. The Labute approximate surface area is 204 Å². The summed E-state index contributed by atoms with van der Waals surface area (Å²) in [5.41, 5.74) is 4.33. The fourth-order valence-electron chi connectivity index (χ4n) is 3.46. The van der Waals surface area contributed by atoms with Crippen molar-refractivity contribution in [3.8, 4) is 28.4 Å². The van der Waals surface area contributed by atoms with Crippen LogP contribution in [0.3, 0.4) is 0 Å². The summed E-state index contributed by atoms with van der Waals surface area (Å²) >= 11 is 1.31. The van der Waals surface area contributed by atoms with E-state index in [0.29, 0.717) is 27.6 Å². The third kappa shape index (κ3) is 5.04. The summed E-state index contributed by atoms with van der Waals surface area (Å²) in [4.78, 5) is 37.0. The van der Waals surface area contributed by atoms with E-state index < -0.39 is 18.5 Å². The van der Waals surface area contributed by atoms with Crippen LogP contribution in [-0.4, -0.2) is 40.5 Å². The molecule has 9 heteroatoms. The largest absolute Gasteiger partial charge is 0.497 e. The van der Waals surface area contributed by atoms with Crippen LogP contribution in [0.15, 0.2) is 78.2 Å². The first-order valence-electron chi connectivity index (χ1n) is 10.7. The highest BCUT2D eigenvalue weighted by Gasteiger charge is 2.14. The summed E-state index contributed by atoms with van der Waals surface area (Å²) in [6.45, 7) is -0.419. The van der Waals surface area contributed by atoms with Crippen LogP contribution in [-0.2, 0) is 9.53 Å². The second kappa shape index (κ2) is 9.78. The molecule has 0 radical (unpaired) electrons. The monoisotopic (exact) mass is 484 g/mol. The first kappa shape index (κ1) is 22.3. The topological polar surface area (TPSA) is 106 Å². The van der Waals surface area contributed by atoms with Crippen molar-refractivity contribution in [2.24, 2.45) is 0 Å². The van der Waals surface area contributed by atoms with Crippen molar-refractivity contribution in [1.29, 1.82) is 0 Å². The minimum atomic E-state index is -0.605. The highest BCUT2D eigenvalue weighted by atomic mass is 32.1. The Balaban J connectivity index is 1.21. The third-order valence-electron chi connectivity index (χ3n) is 5.24. The summed E-state index contributed by atoms with van der Waals surface area (Å²) in [5, 5.41) is 4.96. The molecule has 0 saturated carbocycles. The molecule has 2 aromatic heterocycles. The number of hydrogen-bond donors (Lipinski definition) is 2. The summed E-state index contributed by atoms with van der Waals surface area (Å²) in [5.74, 6) is 0.361. The molecule has 0 bridgehead atoms. The molecule has 5 rings (SSSR count). The third-order valence-corrected chi connectivity index (χ3v) is 5.99. The number of anilines is 1. The van der Waals surface area contributed by atoms with E-state index >= 15 is 0 Å². The molecule has 0 aliphatic rings. The van der Waals surface area contributed by atoms with Crippen molar-refractivity contribution in [3.63, 3.8) is 0 Å². The number of carbonyl (C=O) groups excluding carboxylic acids is 2. The number of imidazole rings is 1. The fraction of sp³-hybridized carbons (Fsp3) is 0.0769. The first-order chi connectivity index (χ1) is 17.1. The van der Waals surface area contributed by atoms with Gasteiger partial charge in [0.1, 0.15) is 11.6 Å². The second-order valence-electron chi connectivity index (χ2n) is 7.57. The number of ether oxygens (including phenoxy) is 2. The van der Waals surface area contributed by atoms with Crippen LogP contribution in [0.5, 0.6) is 5.75 Å². The Morgan fingerprint density at radius 3 is 2.54 bits per heavy atom. The Morgan fingerprint density at radius 1 is 0.971 bits per heavy atom. The molecule has 35 heavy (non-hydrogen) atoms. The van der Waals surface area contributed by atoms with E-state index in [9.17, 15) is 9.59 Å². The zero-order chi connectivity index (χ0) is 24.2. The van der Waals surface area contributed by atoms with Crippen LogP contribution in [0.1, 0.15) is 10.4 Å². The first-order valence-corrected chi connectivity index (χ1v) is 11.6. The zero-order valence-electron chi connectivity index (χ0n) is 18.6. The number of carbonyl (C=O) groups is 2. The molecule has 0 aliphatic heterocycles. The van der Waals surface area contributed by atoms with Gasteiger partial charge < -0.3 is 14.5 Å². The van der Waals surface area contributed by atoms with Gasteiger partial charge in [0, 0.05) is 16.5 Å². The van der Waals surface area contributed by atoms with Gasteiger partial charge in [0.05, 0.1) is 29.4 Å². The van der Waals surface area contributed by atoms with Crippen LogP contribution >= 0.6 is 11.3 Å². The minimum Gasteiger partial charge on any atom is -0.497 e. The lowest BCUT2D eigenvalue weighted by molar-refractivity contribution is -0.119. The summed E-state index contributed by atoms with van der Waals surface area (Å²) < 4.78 is 10.4.